The number of nitrogens with zero attached hydrogens (tertiary/aromatic N) is 5. The average molecular weight is 476 g/mol. The highest BCUT2D eigenvalue weighted by atomic mass is 32.2. The number of hydrogen-bond acceptors (Lipinski definition) is 5. The zero-order valence-corrected chi connectivity index (χ0v) is 20.2. The van der Waals surface area contributed by atoms with E-state index in [9.17, 15) is 9.18 Å². The molecule has 0 saturated heterocycles. The molecule has 8 heteroatoms. The number of thioether (sulfide) groups is 1. The molecule has 0 radical (unpaired) electrons. The van der Waals surface area contributed by atoms with Gasteiger partial charge in [-0.3, -0.25) is 9.36 Å². The third-order valence-corrected chi connectivity index (χ3v) is 6.30. The third kappa shape index (κ3) is 5.28. The van der Waals surface area contributed by atoms with Gasteiger partial charge in [0.15, 0.2) is 11.0 Å². The van der Waals surface area contributed by atoms with Crippen LogP contribution in [0.4, 0.5) is 10.1 Å². The Morgan fingerprint density at radius 3 is 2.26 bits per heavy atom. The van der Waals surface area contributed by atoms with Crippen molar-refractivity contribution in [2.45, 2.75) is 11.7 Å². The molecule has 1 heterocycles. The molecule has 0 N–H and O–H groups in total. The smallest absolute Gasteiger partial charge is 0.233 e. The maximum Gasteiger partial charge on any atom is 0.233 e. The van der Waals surface area contributed by atoms with Crippen molar-refractivity contribution in [1.82, 2.24) is 19.7 Å². The molecule has 3 aromatic carbocycles. The Bertz CT molecular complexity index is 1260. The van der Waals surface area contributed by atoms with E-state index in [1.165, 1.54) is 17.8 Å². The minimum absolute atomic E-state index is 0.0308. The maximum absolute atomic E-state index is 14.5. The molecular formula is C26H26FN5OS. The molecule has 4 rings (SSSR count). The molecule has 1 amide bonds. The number of anilines is 1. The van der Waals surface area contributed by atoms with Crippen LogP contribution in [0.25, 0.3) is 17.1 Å². The SMILES string of the molecule is CN(Cc1ccc(N(C)C)cc1)C(=O)CSc1nnc(-c2ccccc2F)n1-c1ccccc1. The monoisotopic (exact) mass is 475 g/mol. The quantitative estimate of drug-likeness (QED) is 0.340. The molecule has 0 unspecified atom stereocenters. The summed E-state index contributed by atoms with van der Waals surface area (Å²) in [6.07, 6.45) is 0. The van der Waals surface area contributed by atoms with E-state index in [2.05, 4.69) is 10.2 Å². The molecule has 4 aromatic rings. The van der Waals surface area contributed by atoms with Crippen molar-refractivity contribution in [3.63, 3.8) is 0 Å². The van der Waals surface area contributed by atoms with E-state index in [1.54, 1.807) is 34.7 Å². The van der Waals surface area contributed by atoms with Crippen LogP contribution in [0.3, 0.4) is 0 Å². The van der Waals surface area contributed by atoms with E-state index in [4.69, 9.17) is 0 Å². The molecule has 6 nitrogen and oxygen atoms in total. The number of para-hydroxylation sites is 1. The Morgan fingerprint density at radius 1 is 0.912 bits per heavy atom. The molecule has 174 valence electrons. The highest BCUT2D eigenvalue weighted by Gasteiger charge is 2.20. The van der Waals surface area contributed by atoms with Crippen LogP contribution in [0.1, 0.15) is 5.56 Å². The van der Waals surface area contributed by atoms with Crippen molar-refractivity contribution < 1.29 is 9.18 Å². The van der Waals surface area contributed by atoms with Gasteiger partial charge in [-0.15, -0.1) is 10.2 Å². The van der Waals surface area contributed by atoms with Gasteiger partial charge in [0.25, 0.3) is 0 Å². The molecular weight excluding hydrogens is 449 g/mol. The lowest BCUT2D eigenvalue weighted by molar-refractivity contribution is -0.127. The third-order valence-electron chi connectivity index (χ3n) is 5.39. The minimum atomic E-state index is -0.375. The summed E-state index contributed by atoms with van der Waals surface area (Å²) in [6.45, 7) is 0.513. The number of hydrogen-bond donors (Lipinski definition) is 0. The van der Waals surface area contributed by atoms with Crippen LogP contribution < -0.4 is 4.90 Å². The molecule has 0 aliphatic rings. The predicted octanol–water partition coefficient (Wildman–Crippen LogP) is 4.89. The van der Waals surface area contributed by atoms with Gasteiger partial charge in [0.1, 0.15) is 5.82 Å². The van der Waals surface area contributed by atoms with E-state index < -0.39 is 0 Å². The van der Waals surface area contributed by atoms with E-state index in [-0.39, 0.29) is 17.5 Å². The van der Waals surface area contributed by atoms with Gasteiger partial charge < -0.3 is 9.80 Å². The first-order chi connectivity index (χ1) is 16.4. The molecule has 34 heavy (non-hydrogen) atoms. The molecule has 0 saturated carbocycles. The highest BCUT2D eigenvalue weighted by molar-refractivity contribution is 7.99. The van der Waals surface area contributed by atoms with Crippen molar-refractivity contribution in [3.8, 4) is 17.1 Å². The van der Waals surface area contributed by atoms with E-state index in [0.29, 0.717) is 23.1 Å². The number of halogens is 1. The second-order valence-corrected chi connectivity index (χ2v) is 9.00. The van der Waals surface area contributed by atoms with Crippen molar-refractivity contribution in [1.29, 1.82) is 0 Å². The Labute approximate surface area is 203 Å². The van der Waals surface area contributed by atoms with Gasteiger partial charge in [-0.05, 0) is 42.0 Å². The van der Waals surface area contributed by atoms with Crippen LogP contribution >= 0.6 is 11.8 Å². The van der Waals surface area contributed by atoms with E-state index >= 15 is 0 Å². The number of amides is 1. The largest absolute Gasteiger partial charge is 0.378 e. The normalized spacial score (nSPS) is 10.8. The van der Waals surface area contributed by atoms with Gasteiger partial charge >= 0.3 is 0 Å². The number of carbonyl (C=O) groups excluding carboxylic acids is 1. The van der Waals surface area contributed by atoms with Crippen LogP contribution in [0.5, 0.6) is 0 Å². The summed E-state index contributed by atoms with van der Waals surface area (Å²) >= 11 is 1.29. The molecule has 1 aromatic heterocycles. The maximum atomic E-state index is 14.5. The summed E-state index contributed by atoms with van der Waals surface area (Å²) < 4.78 is 16.3. The molecule has 0 bridgehead atoms. The lowest BCUT2D eigenvalue weighted by Gasteiger charge is -2.18. The van der Waals surface area contributed by atoms with Crippen LogP contribution in [0, 0.1) is 5.82 Å². The zero-order valence-electron chi connectivity index (χ0n) is 19.4. The van der Waals surface area contributed by atoms with Crippen LogP contribution in [0.15, 0.2) is 84.0 Å². The fraction of sp³-hybridized carbons (Fsp3) is 0.192. The first kappa shape index (κ1) is 23.5. The van der Waals surface area contributed by atoms with Crippen LogP contribution in [-0.4, -0.2) is 52.5 Å². The summed E-state index contributed by atoms with van der Waals surface area (Å²) in [5.41, 5.74) is 3.32. The molecule has 0 atom stereocenters. The van der Waals surface area contributed by atoms with Gasteiger partial charge in [0.2, 0.25) is 5.91 Å². The Balaban J connectivity index is 1.51. The second kappa shape index (κ2) is 10.5. The van der Waals surface area contributed by atoms with Crippen LogP contribution in [-0.2, 0) is 11.3 Å². The van der Waals surface area contributed by atoms with Gasteiger partial charge in [-0.25, -0.2) is 4.39 Å². The summed E-state index contributed by atoms with van der Waals surface area (Å²) in [6, 6.07) is 24.1. The standard InChI is InChI=1S/C26H26FN5OS/c1-30(2)20-15-13-19(14-16-20)17-31(3)24(33)18-34-26-29-28-25(22-11-7-8-12-23(22)27)32(26)21-9-5-4-6-10-21/h4-16H,17-18H2,1-3H3. The summed E-state index contributed by atoms with van der Waals surface area (Å²) in [7, 11) is 5.77. The van der Waals surface area contributed by atoms with E-state index in [1.807, 2.05) is 73.6 Å². The van der Waals surface area contributed by atoms with Crippen molar-refractivity contribution >= 4 is 23.4 Å². The van der Waals surface area contributed by atoms with Crippen molar-refractivity contribution in [3.05, 3.63) is 90.2 Å². The average Bonchev–Trinajstić information content (AvgIpc) is 3.27. The van der Waals surface area contributed by atoms with Gasteiger partial charge in [0, 0.05) is 39.1 Å². The predicted molar refractivity (Wildman–Crippen MR) is 135 cm³/mol. The topological polar surface area (TPSA) is 54.3 Å². The zero-order chi connectivity index (χ0) is 24.1. The first-order valence-corrected chi connectivity index (χ1v) is 11.8. The minimum Gasteiger partial charge on any atom is -0.378 e. The van der Waals surface area contributed by atoms with Gasteiger partial charge in [0.05, 0.1) is 11.3 Å². The summed E-state index contributed by atoms with van der Waals surface area (Å²) in [4.78, 5) is 16.6. The molecule has 0 aliphatic heterocycles. The number of carbonyl (C=O) groups is 1. The van der Waals surface area contributed by atoms with Gasteiger partial charge in [-0.1, -0.05) is 54.2 Å². The molecule has 0 aliphatic carbocycles. The fourth-order valence-electron chi connectivity index (χ4n) is 3.49. The fourth-order valence-corrected chi connectivity index (χ4v) is 4.38. The number of rotatable bonds is 8. The lowest BCUT2D eigenvalue weighted by atomic mass is 10.2. The Hall–Kier alpha value is -3.65. The Morgan fingerprint density at radius 2 is 1.59 bits per heavy atom. The Kier molecular flexibility index (Phi) is 7.27. The molecule has 0 spiro atoms. The van der Waals surface area contributed by atoms with E-state index in [0.717, 1.165) is 16.9 Å². The molecule has 0 fully saturated rings. The van der Waals surface area contributed by atoms with Crippen molar-refractivity contribution in [2.75, 3.05) is 31.8 Å². The van der Waals surface area contributed by atoms with Crippen LogP contribution in [0.2, 0.25) is 0 Å². The number of benzene rings is 3. The first-order valence-electron chi connectivity index (χ1n) is 10.8. The number of aromatic nitrogens is 3. The highest BCUT2D eigenvalue weighted by Crippen LogP contribution is 2.29. The lowest BCUT2D eigenvalue weighted by Crippen LogP contribution is -2.28. The van der Waals surface area contributed by atoms with Gasteiger partial charge in [-0.2, -0.15) is 0 Å². The second-order valence-electron chi connectivity index (χ2n) is 8.06. The summed E-state index contributed by atoms with van der Waals surface area (Å²) in [5, 5.41) is 9.07. The summed E-state index contributed by atoms with van der Waals surface area (Å²) in [5.74, 6) is 0.180. The van der Waals surface area contributed by atoms with Crippen molar-refractivity contribution in [2.24, 2.45) is 0 Å².